The van der Waals surface area contributed by atoms with Gasteiger partial charge in [0, 0.05) is 0 Å². The van der Waals surface area contributed by atoms with Crippen LogP contribution in [0.25, 0.3) is 0 Å². The smallest absolute Gasteiger partial charge is 0.362 e. The van der Waals surface area contributed by atoms with Crippen LogP contribution < -0.4 is 5.32 Å². The molecule has 0 aliphatic carbocycles. The normalized spacial score (nSPS) is 11.6. The average molecular weight is 330 g/mol. The first-order valence-electron chi connectivity index (χ1n) is 5.00. The number of halogens is 4. The predicted molar refractivity (Wildman–Crippen MR) is 61.2 cm³/mol. The third-order valence-corrected chi connectivity index (χ3v) is 2.74. The van der Waals surface area contributed by atoms with E-state index in [-0.39, 0.29) is 5.82 Å². The van der Waals surface area contributed by atoms with Gasteiger partial charge in [-0.2, -0.15) is 18.3 Å². The second-order valence-corrected chi connectivity index (χ2v) is 4.17. The standard InChI is InChI=1S/C9H11BrF3N3O2/c1-2-5-7(10)8(16-15-5)14-6(17)3-18-4-9(11,12)13/h2-4H2,1H3,(H2,14,15,16,17). The summed E-state index contributed by atoms with van der Waals surface area (Å²) in [6, 6.07) is 0. The van der Waals surface area contributed by atoms with Gasteiger partial charge in [0.2, 0.25) is 0 Å². The molecule has 18 heavy (non-hydrogen) atoms. The van der Waals surface area contributed by atoms with Crippen LogP contribution in [0.3, 0.4) is 0 Å². The summed E-state index contributed by atoms with van der Waals surface area (Å²) in [6.07, 6.45) is -3.77. The van der Waals surface area contributed by atoms with Crippen molar-refractivity contribution in [3.63, 3.8) is 0 Å². The topological polar surface area (TPSA) is 67.0 Å². The van der Waals surface area contributed by atoms with Gasteiger partial charge in [-0.1, -0.05) is 6.92 Å². The van der Waals surface area contributed by atoms with Gasteiger partial charge in [-0.15, -0.1) is 0 Å². The highest BCUT2D eigenvalue weighted by Crippen LogP contribution is 2.23. The molecule has 2 N–H and O–H groups in total. The van der Waals surface area contributed by atoms with Gasteiger partial charge in [0.05, 0.1) is 10.2 Å². The highest BCUT2D eigenvalue weighted by Gasteiger charge is 2.27. The summed E-state index contributed by atoms with van der Waals surface area (Å²) >= 11 is 3.21. The third kappa shape index (κ3) is 4.65. The highest BCUT2D eigenvalue weighted by atomic mass is 79.9. The molecular formula is C9H11BrF3N3O2. The fourth-order valence-corrected chi connectivity index (χ4v) is 1.67. The number of hydrogen-bond donors (Lipinski definition) is 2. The van der Waals surface area contributed by atoms with Crippen molar-refractivity contribution >= 4 is 27.7 Å². The van der Waals surface area contributed by atoms with Crippen molar-refractivity contribution in [3.8, 4) is 0 Å². The molecule has 0 fully saturated rings. The molecule has 0 saturated carbocycles. The molecule has 0 aromatic carbocycles. The van der Waals surface area contributed by atoms with Crippen LogP contribution in [0.4, 0.5) is 19.0 Å². The lowest BCUT2D eigenvalue weighted by molar-refractivity contribution is -0.174. The number of amides is 1. The number of aromatic nitrogens is 2. The van der Waals surface area contributed by atoms with Gasteiger partial charge in [0.25, 0.3) is 5.91 Å². The minimum absolute atomic E-state index is 0.229. The van der Waals surface area contributed by atoms with Crippen LogP contribution in [0.1, 0.15) is 12.6 Å². The lowest BCUT2D eigenvalue weighted by Crippen LogP contribution is -2.24. The van der Waals surface area contributed by atoms with Crippen LogP contribution in [0, 0.1) is 0 Å². The zero-order valence-electron chi connectivity index (χ0n) is 9.40. The number of alkyl halides is 3. The van der Waals surface area contributed by atoms with Crippen molar-refractivity contribution in [2.75, 3.05) is 18.5 Å². The van der Waals surface area contributed by atoms with E-state index in [4.69, 9.17) is 0 Å². The van der Waals surface area contributed by atoms with E-state index >= 15 is 0 Å². The molecule has 9 heteroatoms. The predicted octanol–water partition coefficient (Wildman–Crippen LogP) is 2.25. The van der Waals surface area contributed by atoms with E-state index in [2.05, 4.69) is 36.2 Å². The lowest BCUT2D eigenvalue weighted by atomic mass is 10.3. The Morgan fingerprint density at radius 1 is 1.56 bits per heavy atom. The first kappa shape index (κ1) is 15.0. The molecule has 0 saturated heterocycles. The molecule has 0 aliphatic heterocycles. The van der Waals surface area contributed by atoms with Crippen LogP contribution in [-0.2, 0) is 16.0 Å². The number of aryl methyl sites for hydroxylation is 1. The Balaban J connectivity index is 2.42. The zero-order chi connectivity index (χ0) is 13.8. The SMILES string of the molecule is CCc1[nH]nc(NC(=O)COCC(F)(F)F)c1Br. The number of rotatable bonds is 5. The highest BCUT2D eigenvalue weighted by molar-refractivity contribution is 9.10. The fraction of sp³-hybridized carbons (Fsp3) is 0.556. The Bertz CT molecular complexity index is 420. The summed E-state index contributed by atoms with van der Waals surface area (Å²) in [5.74, 6) is -0.471. The van der Waals surface area contributed by atoms with Gasteiger partial charge in [0.1, 0.15) is 13.2 Å². The average Bonchev–Trinajstić information content (AvgIpc) is 2.58. The van der Waals surface area contributed by atoms with E-state index < -0.39 is 25.3 Å². The van der Waals surface area contributed by atoms with E-state index in [9.17, 15) is 18.0 Å². The van der Waals surface area contributed by atoms with Crippen molar-refractivity contribution < 1.29 is 22.7 Å². The van der Waals surface area contributed by atoms with Crippen LogP contribution in [0.15, 0.2) is 4.47 Å². The Labute approximate surface area is 109 Å². The van der Waals surface area contributed by atoms with Crippen molar-refractivity contribution in [1.29, 1.82) is 0 Å². The summed E-state index contributed by atoms with van der Waals surface area (Å²) < 4.78 is 40.1. The van der Waals surface area contributed by atoms with Crippen LogP contribution in [-0.4, -0.2) is 35.5 Å². The molecule has 0 atom stereocenters. The van der Waals surface area contributed by atoms with Crippen LogP contribution in [0.5, 0.6) is 0 Å². The lowest BCUT2D eigenvalue weighted by Gasteiger charge is -2.07. The van der Waals surface area contributed by atoms with Gasteiger partial charge in [-0.3, -0.25) is 9.89 Å². The second-order valence-electron chi connectivity index (χ2n) is 3.37. The van der Waals surface area contributed by atoms with Crippen molar-refractivity contribution in [3.05, 3.63) is 10.2 Å². The van der Waals surface area contributed by atoms with Gasteiger partial charge >= 0.3 is 6.18 Å². The number of carbonyl (C=O) groups is 1. The van der Waals surface area contributed by atoms with Gasteiger partial charge in [0.15, 0.2) is 5.82 Å². The minimum atomic E-state index is -4.44. The van der Waals surface area contributed by atoms with Crippen LogP contribution >= 0.6 is 15.9 Å². The Kier molecular flexibility index (Phi) is 5.15. The number of H-pyrrole nitrogens is 1. The molecule has 1 rings (SSSR count). The molecule has 5 nitrogen and oxygen atoms in total. The van der Waals surface area contributed by atoms with Gasteiger partial charge in [-0.25, -0.2) is 0 Å². The number of carbonyl (C=O) groups excluding carboxylic acids is 1. The number of anilines is 1. The summed E-state index contributed by atoms with van der Waals surface area (Å²) in [4.78, 5) is 11.3. The minimum Gasteiger partial charge on any atom is -0.362 e. The number of nitrogens with one attached hydrogen (secondary N) is 2. The second kappa shape index (κ2) is 6.19. The largest absolute Gasteiger partial charge is 0.411 e. The zero-order valence-corrected chi connectivity index (χ0v) is 11.0. The summed E-state index contributed by atoms with van der Waals surface area (Å²) in [7, 11) is 0. The first-order valence-corrected chi connectivity index (χ1v) is 5.80. The summed E-state index contributed by atoms with van der Waals surface area (Å²) in [6.45, 7) is -0.251. The summed E-state index contributed by atoms with van der Waals surface area (Å²) in [5.41, 5.74) is 0.779. The Morgan fingerprint density at radius 2 is 2.22 bits per heavy atom. The van der Waals surface area contributed by atoms with E-state index in [1.165, 1.54) is 0 Å². The van der Waals surface area contributed by atoms with Gasteiger partial charge in [-0.05, 0) is 22.4 Å². The van der Waals surface area contributed by atoms with E-state index in [1.807, 2.05) is 6.92 Å². The Hall–Kier alpha value is -1.09. The molecular weight excluding hydrogens is 319 g/mol. The molecule has 1 aromatic heterocycles. The molecule has 0 radical (unpaired) electrons. The first-order chi connectivity index (χ1) is 8.33. The maximum atomic E-state index is 11.8. The molecule has 1 amide bonds. The number of ether oxygens (including phenoxy) is 1. The molecule has 0 spiro atoms. The third-order valence-electron chi connectivity index (χ3n) is 1.89. The molecule has 0 bridgehead atoms. The number of nitrogens with zero attached hydrogens (tertiary/aromatic N) is 1. The Morgan fingerprint density at radius 3 is 2.72 bits per heavy atom. The molecule has 0 unspecified atom stereocenters. The van der Waals surface area contributed by atoms with E-state index in [0.29, 0.717) is 10.9 Å². The number of hydrogen-bond acceptors (Lipinski definition) is 3. The van der Waals surface area contributed by atoms with Crippen molar-refractivity contribution in [1.82, 2.24) is 10.2 Å². The molecule has 0 aliphatic rings. The van der Waals surface area contributed by atoms with E-state index in [0.717, 1.165) is 5.69 Å². The quantitative estimate of drug-likeness (QED) is 0.870. The monoisotopic (exact) mass is 329 g/mol. The maximum absolute atomic E-state index is 11.8. The number of aromatic amines is 1. The molecule has 102 valence electrons. The molecule has 1 aromatic rings. The maximum Gasteiger partial charge on any atom is 0.411 e. The van der Waals surface area contributed by atoms with E-state index in [1.54, 1.807) is 0 Å². The van der Waals surface area contributed by atoms with Crippen molar-refractivity contribution in [2.45, 2.75) is 19.5 Å². The van der Waals surface area contributed by atoms with Crippen LogP contribution in [0.2, 0.25) is 0 Å². The summed E-state index contributed by atoms with van der Waals surface area (Å²) in [5, 5.41) is 8.81. The molecule has 1 heterocycles. The van der Waals surface area contributed by atoms with Gasteiger partial charge < -0.3 is 10.1 Å². The van der Waals surface area contributed by atoms with Crippen molar-refractivity contribution in [2.24, 2.45) is 0 Å². The fourth-order valence-electron chi connectivity index (χ4n) is 1.11.